The molecule has 0 spiro atoms. The van der Waals surface area contributed by atoms with Crippen molar-refractivity contribution in [3.63, 3.8) is 0 Å². The number of hydrogen-bond donors (Lipinski definition) is 0. The van der Waals surface area contributed by atoms with E-state index in [9.17, 15) is 0 Å². The van der Waals surface area contributed by atoms with Crippen LogP contribution in [0.25, 0.3) is 0 Å². The van der Waals surface area contributed by atoms with Crippen molar-refractivity contribution in [3.05, 3.63) is 143 Å². The van der Waals surface area contributed by atoms with Crippen molar-refractivity contribution in [2.24, 2.45) is 0 Å². The normalized spacial score (nSPS) is 17.2. The van der Waals surface area contributed by atoms with Crippen molar-refractivity contribution in [1.82, 2.24) is 0 Å². The minimum atomic E-state index is -4.61. The molecule has 0 unspecified atom stereocenters. The third-order valence-corrected chi connectivity index (χ3v) is 18.9. The zero-order valence-electron chi connectivity index (χ0n) is 46.8. The lowest BCUT2D eigenvalue weighted by Crippen LogP contribution is -2.24. The highest BCUT2D eigenvalue weighted by Crippen LogP contribution is 2.56. The van der Waals surface area contributed by atoms with Crippen LogP contribution in [0.2, 0.25) is 0 Å². The highest BCUT2D eigenvalue weighted by molar-refractivity contribution is 7.91. The lowest BCUT2D eigenvalue weighted by atomic mass is 9.82. The van der Waals surface area contributed by atoms with Gasteiger partial charge in [0.15, 0.2) is 46.0 Å². The van der Waals surface area contributed by atoms with Gasteiger partial charge in [-0.25, -0.2) is 8.42 Å². The first-order chi connectivity index (χ1) is 36.1. The fraction of sp³-hybridized carbons (Fsp3) is 0.419. The van der Waals surface area contributed by atoms with Gasteiger partial charge in [0, 0.05) is 47.9 Å². The van der Waals surface area contributed by atoms with Crippen LogP contribution in [0.15, 0.2) is 119 Å². The van der Waals surface area contributed by atoms with E-state index in [0.717, 1.165) is 46.2 Å². The quantitative estimate of drug-likeness (QED) is 0.0761. The molecule has 77 heavy (non-hydrogen) atoms. The average molecular weight is 1100 g/mol. The molecule has 6 aromatic carbocycles. The first-order valence-electron chi connectivity index (χ1n) is 26.6. The molecule has 0 bridgehead atoms. The van der Waals surface area contributed by atoms with Crippen LogP contribution in [0.1, 0.15) is 143 Å². The van der Waals surface area contributed by atoms with Crippen molar-refractivity contribution in [3.8, 4) is 57.5 Å². The van der Waals surface area contributed by atoms with Gasteiger partial charge in [-0.05, 0) is 139 Å². The largest absolute Gasteiger partial charge is 0.530 e. The van der Waals surface area contributed by atoms with Gasteiger partial charge in [-0.1, -0.05) is 102 Å². The third kappa shape index (κ3) is 11.2. The minimum absolute atomic E-state index is 0.00880. The Labute approximate surface area is 457 Å². The molecule has 0 aromatic heterocycles. The predicted molar refractivity (Wildman–Crippen MR) is 302 cm³/mol. The molecule has 0 saturated heterocycles. The molecule has 4 heterocycles. The van der Waals surface area contributed by atoms with Crippen molar-refractivity contribution in [2.75, 3.05) is 0 Å². The van der Waals surface area contributed by atoms with Crippen molar-refractivity contribution < 1.29 is 54.5 Å². The van der Waals surface area contributed by atoms with Crippen LogP contribution in [0.3, 0.4) is 0 Å². The summed E-state index contributed by atoms with van der Waals surface area (Å²) in [5.74, 6) is 3.91. The third-order valence-electron chi connectivity index (χ3n) is 15.1. The molecule has 0 aliphatic carbocycles. The molecular weight excluding hydrogens is 1030 g/mol. The van der Waals surface area contributed by atoms with Gasteiger partial charge in [-0.2, -0.15) is 0 Å². The topological polar surface area (TPSA) is 126 Å². The Morgan fingerprint density at radius 2 is 0.675 bits per heavy atom. The molecule has 10 rings (SSSR count). The predicted octanol–water partition coefficient (Wildman–Crippen LogP) is 16.3. The maximum Gasteiger partial charge on any atom is 0.530 e. The number of benzene rings is 6. The molecule has 0 N–H and O–H groups in total. The van der Waals surface area contributed by atoms with Crippen LogP contribution in [-0.4, -0.2) is 30.8 Å². The lowest BCUT2D eigenvalue weighted by molar-refractivity contribution is 0.134. The van der Waals surface area contributed by atoms with E-state index in [1.807, 2.05) is 140 Å². The van der Waals surface area contributed by atoms with Crippen LogP contribution >= 0.6 is 17.2 Å². The maximum atomic E-state index is 16.3. The fourth-order valence-corrected chi connectivity index (χ4v) is 13.9. The lowest BCUT2D eigenvalue weighted by Gasteiger charge is -2.27. The maximum absolute atomic E-state index is 16.3. The second kappa shape index (κ2) is 19.8. The zero-order chi connectivity index (χ0) is 55.1. The first kappa shape index (κ1) is 54.5. The first-order valence-corrected chi connectivity index (χ1v) is 30.3. The Balaban J connectivity index is 1.11. The second-order valence-corrected chi connectivity index (χ2v) is 28.3. The standard InChI is InChI=1S/C62H72O12P2S/c1-15-57(3,4)43-29-31-45(69-75(71-47-25-17-21-39-35-59(7,8)65-53(39)47)72-48-26-18-22-40-36-60(9,10)66-54(40)48)51(33-43)77(63,64)52-34-44(58(5,6)16-2)30-32-46(52)70-76(73-49-27-19-23-41-37-61(11,12)67-55(41)49)74-50-28-20-24-42-38-62(13,14)68-56(42)50/h17-34H,15-16,35-38H2,1-14H3. The number of ether oxygens (including phenoxy) is 4. The monoisotopic (exact) mass is 1100 g/mol. The van der Waals surface area contributed by atoms with Crippen molar-refractivity contribution in [2.45, 2.75) is 178 Å². The number of fused-ring (bicyclic) bond motifs is 4. The highest BCUT2D eigenvalue weighted by Gasteiger charge is 2.41. The van der Waals surface area contributed by atoms with E-state index < -0.39 is 60.3 Å². The van der Waals surface area contributed by atoms with Gasteiger partial charge in [-0.15, -0.1) is 0 Å². The number of rotatable bonds is 18. The summed E-state index contributed by atoms with van der Waals surface area (Å²) in [6, 6.07) is 33.5. The summed E-state index contributed by atoms with van der Waals surface area (Å²) in [6.45, 7) is 28.7. The summed E-state index contributed by atoms with van der Waals surface area (Å²) in [7, 11) is -9.57. The zero-order valence-corrected chi connectivity index (χ0v) is 49.4. The van der Waals surface area contributed by atoms with Gasteiger partial charge < -0.3 is 46.1 Å². The van der Waals surface area contributed by atoms with Gasteiger partial charge in [0.2, 0.25) is 9.84 Å². The Hall–Kier alpha value is -5.87. The number of sulfone groups is 1. The van der Waals surface area contributed by atoms with Gasteiger partial charge in [0.1, 0.15) is 43.7 Å². The molecular formula is C62H72O12P2S. The van der Waals surface area contributed by atoms with Crippen LogP contribution in [-0.2, 0) is 46.4 Å². The minimum Gasteiger partial charge on any atom is -0.483 e. The highest BCUT2D eigenvalue weighted by atomic mass is 32.2. The summed E-state index contributed by atoms with van der Waals surface area (Å²) < 4.78 is 99.5. The molecule has 4 aliphatic rings. The van der Waals surface area contributed by atoms with E-state index in [1.54, 1.807) is 24.3 Å². The summed E-state index contributed by atoms with van der Waals surface area (Å²) in [5, 5.41) is 0. The summed E-state index contributed by atoms with van der Waals surface area (Å²) in [6.07, 6.45) is 4.11. The molecule has 0 radical (unpaired) electrons. The summed E-state index contributed by atoms with van der Waals surface area (Å²) >= 11 is 0. The van der Waals surface area contributed by atoms with Crippen molar-refractivity contribution >= 4 is 27.0 Å². The van der Waals surface area contributed by atoms with E-state index in [2.05, 4.69) is 41.5 Å². The molecule has 15 heteroatoms. The van der Waals surface area contributed by atoms with E-state index in [0.29, 0.717) is 71.7 Å². The van der Waals surface area contributed by atoms with Gasteiger partial charge in [-0.3, -0.25) is 0 Å². The van der Waals surface area contributed by atoms with Gasteiger partial charge >= 0.3 is 17.2 Å². The molecule has 6 aromatic rings. The Kier molecular flexibility index (Phi) is 14.0. The molecule has 0 atom stereocenters. The summed E-state index contributed by atoms with van der Waals surface area (Å²) in [5.41, 5.74) is 2.65. The molecule has 408 valence electrons. The van der Waals surface area contributed by atoms with Crippen LogP contribution < -0.4 is 46.1 Å². The summed E-state index contributed by atoms with van der Waals surface area (Å²) in [4.78, 5) is -0.226. The average Bonchev–Trinajstić information content (AvgIpc) is 4.13. The number of hydrogen-bond acceptors (Lipinski definition) is 12. The van der Waals surface area contributed by atoms with Crippen molar-refractivity contribution in [1.29, 1.82) is 0 Å². The Bertz CT molecular complexity index is 3010. The van der Waals surface area contributed by atoms with E-state index >= 15 is 8.42 Å². The van der Waals surface area contributed by atoms with E-state index in [-0.39, 0.29) is 21.3 Å². The van der Waals surface area contributed by atoms with E-state index in [1.165, 1.54) is 0 Å². The Morgan fingerprint density at radius 3 is 0.935 bits per heavy atom. The van der Waals surface area contributed by atoms with Crippen LogP contribution in [0, 0.1) is 0 Å². The molecule has 4 aliphatic heterocycles. The molecule has 0 fully saturated rings. The van der Waals surface area contributed by atoms with Gasteiger partial charge in [0.05, 0.1) is 0 Å². The second-order valence-electron chi connectivity index (χ2n) is 24.4. The SMILES string of the molecule is CCC(C)(C)c1ccc(OP(Oc2cccc3c2OC(C)(C)C3)Oc2cccc3c2OC(C)(C)C3)c(S(=O)(=O)c2cc(C(C)(C)CC)ccc2OP(Oc2cccc3c2OC(C)(C)C3)Oc2cccc3c2OC(C)(C)C3)c1. The number of para-hydroxylation sites is 4. The van der Waals surface area contributed by atoms with Crippen LogP contribution in [0.4, 0.5) is 0 Å². The van der Waals surface area contributed by atoms with Crippen LogP contribution in [0.5, 0.6) is 57.5 Å². The van der Waals surface area contributed by atoms with E-state index in [4.69, 9.17) is 46.1 Å². The Morgan fingerprint density at radius 1 is 0.416 bits per heavy atom. The smallest absolute Gasteiger partial charge is 0.483 e. The fourth-order valence-electron chi connectivity index (χ4n) is 10.2. The molecule has 0 saturated carbocycles. The molecule has 12 nitrogen and oxygen atoms in total. The van der Waals surface area contributed by atoms with Gasteiger partial charge in [0.25, 0.3) is 0 Å². The molecule has 0 amide bonds.